The Bertz CT molecular complexity index is 401. The summed E-state index contributed by atoms with van der Waals surface area (Å²) < 4.78 is 40.0. The highest BCUT2D eigenvalue weighted by Gasteiger charge is 2.30. The van der Waals surface area contributed by atoms with Gasteiger partial charge in [0.1, 0.15) is 5.75 Å². The highest BCUT2D eigenvalue weighted by Crippen LogP contribution is 2.24. The van der Waals surface area contributed by atoms with E-state index in [1.807, 2.05) is 6.92 Å². The minimum absolute atomic E-state index is 0.115. The number of halogens is 3. The first-order valence-electron chi connectivity index (χ1n) is 7.37. The molecule has 0 amide bonds. The molecular weight excluding hydrogens is 279 g/mol. The molecule has 1 atom stereocenters. The molecule has 0 heterocycles. The molecular formula is C16H24F3NO. The van der Waals surface area contributed by atoms with Crippen molar-refractivity contribution in [3.05, 3.63) is 29.8 Å². The number of unbranched alkanes of at least 4 members (excludes halogenated alkanes) is 1. The van der Waals surface area contributed by atoms with E-state index in [0.29, 0.717) is 0 Å². The molecule has 5 heteroatoms. The van der Waals surface area contributed by atoms with E-state index in [4.69, 9.17) is 0 Å². The molecule has 1 aromatic rings. The van der Waals surface area contributed by atoms with E-state index in [2.05, 4.69) is 23.9 Å². The third-order valence-corrected chi connectivity index (χ3v) is 3.27. The van der Waals surface area contributed by atoms with Crippen LogP contribution >= 0.6 is 0 Å². The van der Waals surface area contributed by atoms with Crippen LogP contribution in [0.2, 0.25) is 0 Å². The molecule has 0 aliphatic rings. The monoisotopic (exact) mass is 303 g/mol. The zero-order chi connectivity index (χ0) is 15.9. The van der Waals surface area contributed by atoms with Crippen molar-refractivity contribution in [2.45, 2.75) is 52.4 Å². The number of alkyl halides is 3. The van der Waals surface area contributed by atoms with Crippen LogP contribution in [0.25, 0.3) is 0 Å². The Balaban J connectivity index is 2.36. The lowest BCUT2D eigenvalue weighted by Crippen LogP contribution is -2.20. The van der Waals surface area contributed by atoms with E-state index in [-0.39, 0.29) is 11.8 Å². The van der Waals surface area contributed by atoms with Gasteiger partial charge in [-0.1, -0.05) is 38.8 Å². The molecule has 0 aliphatic heterocycles. The third kappa shape index (κ3) is 7.95. The number of ether oxygens (including phenoxy) is 1. The molecule has 1 aromatic carbocycles. The van der Waals surface area contributed by atoms with E-state index in [0.717, 1.165) is 24.4 Å². The van der Waals surface area contributed by atoms with Gasteiger partial charge in [0.25, 0.3) is 0 Å². The van der Waals surface area contributed by atoms with E-state index >= 15 is 0 Å². The fourth-order valence-electron chi connectivity index (χ4n) is 2.07. The number of nitrogens with one attached hydrogen (secondary N) is 1. The van der Waals surface area contributed by atoms with Crippen molar-refractivity contribution in [3.63, 3.8) is 0 Å². The third-order valence-electron chi connectivity index (χ3n) is 3.27. The van der Waals surface area contributed by atoms with E-state index in [1.165, 1.54) is 25.0 Å². The minimum Gasteiger partial charge on any atom is -0.406 e. The quantitative estimate of drug-likeness (QED) is 0.678. The van der Waals surface area contributed by atoms with Gasteiger partial charge in [0, 0.05) is 6.04 Å². The van der Waals surface area contributed by atoms with Crippen LogP contribution in [0.3, 0.4) is 0 Å². The summed E-state index contributed by atoms with van der Waals surface area (Å²) in [4.78, 5) is 0. The van der Waals surface area contributed by atoms with E-state index in [1.54, 1.807) is 12.1 Å². The van der Waals surface area contributed by atoms with Crippen LogP contribution in [-0.4, -0.2) is 12.9 Å². The second-order valence-electron chi connectivity index (χ2n) is 5.68. The maximum Gasteiger partial charge on any atom is 0.573 e. The van der Waals surface area contributed by atoms with Crippen LogP contribution in [0, 0.1) is 5.92 Å². The number of hydrogen-bond donors (Lipinski definition) is 1. The molecule has 0 bridgehead atoms. The van der Waals surface area contributed by atoms with Gasteiger partial charge in [0.15, 0.2) is 0 Å². The molecule has 0 aliphatic carbocycles. The Labute approximate surface area is 124 Å². The summed E-state index contributed by atoms with van der Waals surface area (Å²) in [6.45, 7) is 7.33. The van der Waals surface area contributed by atoms with Crippen molar-refractivity contribution in [3.8, 4) is 5.75 Å². The number of benzene rings is 1. The van der Waals surface area contributed by atoms with Crippen molar-refractivity contribution in [2.75, 3.05) is 6.54 Å². The standard InChI is InChI=1S/C16H24F3NO/c1-12(2)6-4-5-11-20-13(3)14-7-9-15(10-8-14)21-16(17,18)19/h7-10,12-13,20H,4-6,11H2,1-3H3. The summed E-state index contributed by atoms with van der Waals surface area (Å²) in [5.41, 5.74) is 0.952. The van der Waals surface area contributed by atoms with Crippen LogP contribution < -0.4 is 10.1 Å². The maximum absolute atomic E-state index is 12.1. The maximum atomic E-state index is 12.1. The largest absolute Gasteiger partial charge is 0.573 e. The first-order valence-corrected chi connectivity index (χ1v) is 7.37. The molecule has 21 heavy (non-hydrogen) atoms. The second-order valence-corrected chi connectivity index (χ2v) is 5.68. The van der Waals surface area contributed by atoms with Crippen LogP contribution in [-0.2, 0) is 0 Å². The van der Waals surface area contributed by atoms with Crippen molar-refractivity contribution in [1.29, 1.82) is 0 Å². The molecule has 120 valence electrons. The molecule has 1 N–H and O–H groups in total. The highest BCUT2D eigenvalue weighted by molar-refractivity contribution is 5.29. The topological polar surface area (TPSA) is 21.3 Å². The van der Waals surface area contributed by atoms with Gasteiger partial charge < -0.3 is 10.1 Å². The summed E-state index contributed by atoms with van der Waals surface area (Å²) in [6.07, 6.45) is -1.12. The van der Waals surface area contributed by atoms with Crippen LogP contribution in [0.5, 0.6) is 5.75 Å². The van der Waals surface area contributed by atoms with Crippen LogP contribution in [0.15, 0.2) is 24.3 Å². The molecule has 2 nitrogen and oxygen atoms in total. The summed E-state index contributed by atoms with van der Waals surface area (Å²) in [5.74, 6) is 0.541. The van der Waals surface area contributed by atoms with Gasteiger partial charge in [-0.05, 0) is 43.5 Å². The molecule has 1 unspecified atom stereocenters. The van der Waals surface area contributed by atoms with Gasteiger partial charge in [-0.3, -0.25) is 0 Å². The summed E-state index contributed by atoms with van der Waals surface area (Å²) in [7, 11) is 0. The lowest BCUT2D eigenvalue weighted by atomic mass is 10.1. The predicted molar refractivity (Wildman–Crippen MR) is 78.2 cm³/mol. The van der Waals surface area contributed by atoms with Gasteiger partial charge >= 0.3 is 6.36 Å². The first-order chi connectivity index (χ1) is 9.78. The minimum atomic E-state index is -4.64. The zero-order valence-corrected chi connectivity index (χ0v) is 12.8. The molecule has 1 rings (SSSR count). The predicted octanol–water partition coefficient (Wildman–Crippen LogP) is 5.06. The Morgan fingerprint density at radius 3 is 2.19 bits per heavy atom. The first kappa shape index (κ1) is 17.8. The fraction of sp³-hybridized carbons (Fsp3) is 0.625. The van der Waals surface area contributed by atoms with Gasteiger partial charge in [-0.2, -0.15) is 0 Å². The highest BCUT2D eigenvalue weighted by atomic mass is 19.4. The second kappa shape index (κ2) is 8.27. The molecule has 0 fully saturated rings. The molecule has 0 spiro atoms. The van der Waals surface area contributed by atoms with Crippen LogP contribution in [0.1, 0.15) is 51.6 Å². The van der Waals surface area contributed by atoms with Crippen molar-refractivity contribution < 1.29 is 17.9 Å². The number of rotatable bonds is 8. The summed E-state index contributed by atoms with van der Waals surface area (Å²) in [5, 5.41) is 3.38. The Hall–Kier alpha value is -1.23. The fourth-order valence-corrected chi connectivity index (χ4v) is 2.07. The molecule has 0 saturated heterocycles. The average molecular weight is 303 g/mol. The summed E-state index contributed by atoms with van der Waals surface area (Å²) >= 11 is 0. The van der Waals surface area contributed by atoms with Gasteiger partial charge in [-0.15, -0.1) is 13.2 Å². The normalized spacial score (nSPS) is 13.5. The number of hydrogen-bond acceptors (Lipinski definition) is 2. The SMILES string of the molecule is CC(C)CCCCNC(C)c1ccc(OC(F)(F)F)cc1. The van der Waals surface area contributed by atoms with Crippen LogP contribution in [0.4, 0.5) is 13.2 Å². The smallest absolute Gasteiger partial charge is 0.406 e. The molecule has 0 saturated carbocycles. The Morgan fingerprint density at radius 2 is 1.67 bits per heavy atom. The molecule has 0 aromatic heterocycles. The zero-order valence-electron chi connectivity index (χ0n) is 12.8. The summed E-state index contributed by atoms with van der Waals surface area (Å²) in [6, 6.07) is 6.13. The van der Waals surface area contributed by atoms with Gasteiger partial charge in [0.05, 0.1) is 0 Å². The Kier molecular flexibility index (Phi) is 7.02. The lowest BCUT2D eigenvalue weighted by Gasteiger charge is -2.15. The average Bonchev–Trinajstić information content (AvgIpc) is 2.36. The van der Waals surface area contributed by atoms with Crippen molar-refractivity contribution >= 4 is 0 Å². The van der Waals surface area contributed by atoms with Crippen molar-refractivity contribution in [1.82, 2.24) is 5.32 Å². The van der Waals surface area contributed by atoms with E-state index < -0.39 is 6.36 Å². The van der Waals surface area contributed by atoms with E-state index in [9.17, 15) is 13.2 Å². The van der Waals surface area contributed by atoms with Crippen molar-refractivity contribution in [2.24, 2.45) is 5.92 Å². The lowest BCUT2D eigenvalue weighted by molar-refractivity contribution is -0.274. The van der Waals surface area contributed by atoms with Gasteiger partial charge in [0.2, 0.25) is 0 Å². The molecule has 0 radical (unpaired) electrons. The Morgan fingerprint density at radius 1 is 1.05 bits per heavy atom. The van der Waals surface area contributed by atoms with Gasteiger partial charge in [-0.25, -0.2) is 0 Å².